The first-order valence-corrected chi connectivity index (χ1v) is 5.69. The molecule has 16 heavy (non-hydrogen) atoms. The van der Waals surface area contributed by atoms with E-state index in [-0.39, 0.29) is 5.41 Å². The van der Waals surface area contributed by atoms with Crippen LogP contribution in [-0.4, -0.2) is 24.1 Å². The molecule has 1 aromatic carbocycles. The predicted octanol–water partition coefficient (Wildman–Crippen LogP) is 3.35. The van der Waals surface area contributed by atoms with Gasteiger partial charge in [-0.05, 0) is 43.6 Å². The number of phenols is 1. The van der Waals surface area contributed by atoms with Gasteiger partial charge in [-0.1, -0.05) is 32.9 Å². The van der Waals surface area contributed by atoms with E-state index in [1.165, 1.54) is 5.56 Å². The van der Waals surface area contributed by atoms with Crippen LogP contribution < -0.4 is 0 Å². The number of rotatable bonds is 2. The zero-order valence-electron chi connectivity index (χ0n) is 11.2. The van der Waals surface area contributed by atoms with Crippen molar-refractivity contribution in [2.45, 2.75) is 33.7 Å². The third-order valence-electron chi connectivity index (χ3n) is 2.89. The molecule has 0 amide bonds. The molecule has 0 bridgehead atoms. The molecule has 0 spiro atoms. The van der Waals surface area contributed by atoms with Crippen molar-refractivity contribution in [1.29, 1.82) is 0 Å². The van der Waals surface area contributed by atoms with Crippen molar-refractivity contribution in [3.63, 3.8) is 0 Å². The molecule has 0 radical (unpaired) electrons. The highest BCUT2D eigenvalue weighted by Gasteiger charge is 2.28. The number of nitrogens with zero attached hydrogens (tertiary/aromatic N) is 1. The minimum Gasteiger partial charge on any atom is -0.508 e. The first kappa shape index (κ1) is 13.0. The zero-order chi connectivity index (χ0) is 12.5. The van der Waals surface area contributed by atoms with Gasteiger partial charge in [0.15, 0.2) is 0 Å². The van der Waals surface area contributed by atoms with Crippen LogP contribution in [0.3, 0.4) is 0 Å². The van der Waals surface area contributed by atoms with E-state index in [1.54, 1.807) is 0 Å². The highest BCUT2D eigenvalue weighted by molar-refractivity contribution is 5.37. The molecule has 2 heteroatoms. The van der Waals surface area contributed by atoms with Crippen LogP contribution >= 0.6 is 0 Å². The summed E-state index contributed by atoms with van der Waals surface area (Å²) >= 11 is 0. The van der Waals surface area contributed by atoms with Crippen molar-refractivity contribution in [2.24, 2.45) is 5.41 Å². The molecule has 0 aliphatic heterocycles. The van der Waals surface area contributed by atoms with Crippen molar-refractivity contribution < 1.29 is 5.11 Å². The van der Waals surface area contributed by atoms with Gasteiger partial charge >= 0.3 is 0 Å². The molecule has 0 aliphatic carbocycles. The van der Waals surface area contributed by atoms with Gasteiger partial charge in [-0.3, -0.25) is 0 Å². The molecular formula is C14H23NO. The summed E-state index contributed by atoms with van der Waals surface area (Å²) < 4.78 is 0. The summed E-state index contributed by atoms with van der Waals surface area (Å²) in [4.78, 5) is 2.20. The lowest BCUT2D eigenvalue weighted by molar-refractivity contribution is 0.153. The van der Waals surface area contributed by atoms with Crippen molar-refractivity contribution in [3.05, 3.63) is 29.3 Å². The second-order valence-corrected chi connectivity index (χ2v) is 5.78. The number of benzene rings is 1. The molecule has 0 aromatic heterocycles. The Morgan fingerprint density at radius 2 is 1.75 bits per heavy atom. The third kappa shape index (κ3) is 2.76. The van der Waals surface area contributed by atoms with E-state index in [0.717, 1.165) is 5.56 Å². The fourth-order valence-corrected chi connectivity index (χ4v) is 2.37. The summed E-state index contributed by atoms with van der Waals surface area (Å²) in [5, 5.41) is 9.78. The van der Waals surface area contributed by atoms with Gasteiger partial charge in [-0.2, -0.15) is 0 Å². The Hall–Kier alpha value is -1.02. The molecule has 1 rings (SSSR count). The SMILES string of the molecule is Cc1ccc(C(N(C)C)C(C)(C)C)cc1O. The Kier molecular flexibility index (Phi) is 3.64. The third-order valence-corrected chi connectivity index (χ3v) is 2.89. The lowest BCUT2D eigenvalue weighted by Crippen LogP contribution is -2.31. The normalized spacial score (nSPS) is 14.2. The van der Waals surface area contributed by atoms with Crippen LogP contribution in [0.2, 0.25) is 0 Å². The van der Waals surface area contributed by atoms with Gasteiger partial charge in [-0.25, -0.2) is 0 Å². The van der Waals surface area contributed by atoms with Crippen LogP contribution in [0.15, 0.2) is 18.2 Å². The zero-order valence-corrected chi connectivity index (χ0v) is 11.2. The fourth-order valence-electron chi connectivity index (χ4n) is 2.37. The Morgan fingerprint density at radius 1 is 1.19 bits per heavy atom. The fraction of sp³-hybridized carbons (Fsp3) is 0.571. The molecule has 0 fully saturated rings. The number of phenolic OH excluding ortho intramolecular Hbond substituents is 1. The lowest BCUT2D eigenvalue weighted by atomic mass is 9.81. The molecule has 1 aromatic rings. The maximum atomic E-state index is 9.78. The Balaban J connectivity index is 3.17. The van der Waals surface area contributed by atoms with Crippen molar-refractivity contribution in [3.8, 4) is 5.75 Å². The standard InChI is InChI=1S/C14H23NO/c1-10-7-8-11(9-12(10)16)13(15(5)6)14(2,3)4/h7-9,13,16H,1-6H3. The maximum Gasteiger partial charge on any atom is 0.118 e. The largest absolute Gasteiger partial charge is 0.508 e. The van der Waals surface area contributed by atoms with Gasteiger partial charge in [0.05, 0.1) is 0 Å². The Bertz CT molecular complexity index is 363. The minimum absolute atomic E-state index is 0.144. The number of hydrogen-bond donors (Lipinski definition) is 1. The van der Waals surface area contributed by atoms with E-state index in [2.05, 4.69) is 45.8 Å². The van der Waals surface area contributed by atoms with Crippen molar-refractivity contribution in [1.82, 2.24) is 4.90 Å². The van der Waals surface area contributed by atoms with Gasteiger partial charge in [0.25, 0.3) is 0 Å². The summed E-state index contributed by atoms with van der Waals surface area (Å²) in [7, 11) is 4.15. The van der Waals surface area contributed by atoms with Crippen LogP contribution in [0.4, 0.5) is 0 Å². The van der Waals surface area contributed by atoms with Crippen LogP contribution in [0, 0.1) is 12.3 Å². The number of hydrogen-bond acceptors (Lipinski definition) is 2. The smallest absolute Gasteiger partial charge is 0.118 e. The molecule has 1 N–H and O–H groups in total. The second-order valence-electron chi connectivity index (χ2n) is 5.78. The monoisotopic (exact) mass is 221 g/mol. The number of aromatic hydroxyl groups is 1. The molecule has 0 heterocycles. The lowest BCUT2D eigenvalue weighted by Gasteiger charge is -2.36. The van der Waals surface area contributed by atoms with Gasteiger partial charge in [0.2, 0.25) is 0 Å². The summed E-state index contributed by atoms with van der Waals surface area (Å²) in [6.45, 7) is 8.57. The van der Waals surface area contributed by atoms with E-state index >= 15 is 0 Å². The second kappa shape index (κ2) is 4.46. The highest BCUT2D eigenvalue weighted by Crippen LogP contribution is 2.37. The summed E-state index contributed by atoms with van der Waals surface area (Å²) in [6, 6.07) is 6.27. The Labute approximate surface area is 98.9 Å². The molecule has 0 aliphatic rings. The van der Waals surface area contributed by atoms with E-state index in [1.807, 2.05) is 19.1 Å². The highest BCUT2D eigenvalue weighted by atomic mass is 16.3. The molecule has 0 saturated carbocycles. The average Bonchev–Trinajstić information content (AvgIpc) is 2.08. The quantitative estimate of drug-likeness (QED) is 0.828. The maximum absolute atomic E-state index is 9.78. The first-order valence-electron chi connectivity index (χ1n) is 5.69. The molecular weight excluding hydrogens is 198 g/mol. The topological polar surface area (TPSA) is 23.5 Å². The number of aryl methyl sites for hydroxylation is 1. The predicted molar refractivity (Wildman–Crippen MR) is 68.7 cm³/mol. The first-order chi connectivity index (χ1) is 7.23. The minimum atomic E-state index is 0.144. The van der Waals surface area contributed by atoms with E-state index in [0.29, 0.717) is 11.8 Å². The van der Waals surface area contributed by atoms with Gasteiger partial charge in [0, 0.05) is 6.04 Å². The Morgan fingerprint density at radius 3 is 2.12 bits per heavy atom. The van der Waals surface area contributed by atoms with Crippen LogP contribution in [0.1, 0.15) is 37.9 Å². The van der Waals surface area contributed by atoms with Crippen molar-refractivity contribution >= 4 is 0 Å². The van der Waals surface area contributed by atoms with Crippen LogP contribution in [0.25, 0.3) is 0 Å². The van der Waals surface area contributed by atoms with Crippen molar-refractivity contribution in [2.75, 3.05) is 14.1 Å². The average molecular weight is 221 g/mol. The molecule has 2 nitrogen and oxygen atoms in total. The van der Waals surface area contributed by atoms with E-state index < -0.39 is 0 Å². The van der Waals surface area contributed by atoms with E-state index in [4.69, 9.17) is 0 Å². The summed E-state index contributed by atoms with van der Waals surface area (Å²) in [5.74, 6) is 0.383. The van der Waals surface area contributed by atoms with Gasteiger partial charge < -0.3 is 10.0 Å². The van der Waals surface area contributed by atoms with Crippen LogP contribution in [-0.2, 0) is 0 Å². The van der Waals surface area contributed by atoms with E-state index in [9.17, 15) is 5.11 Å². The molecule has 0 saturated heterocycles. The summed E-state index contributed by atoms with van der Waals surface area (Å²) in [6.07, 6.45) is 0. The summed E-state index contributed by atoms with van der Waals surface area (Å²) in [5.41, 5.74) is 2.24. The van der Waals surface area contributed by atoms with Crippen LogP contribution in [0.5, 0.6) is 5.75 Å². The van der Waals surface area contributed by atoms with Gasteiger partial charge in [0.1, 0.15) is 5.75 Å². The molecule has 1 atom stereocenters. The molecule has 90 valence electrons. The van der Waals surface area contributed by atoms with Gasteiger partial charge in [-0.15, -0.1) is 0 Å². The molecule has 1 unspecified atom stereocenters.